The summed E-state index contributed by atoms with van der Waals surface area (Å²) in [5.74, 6) is -0.276. The van der Waals surface area contributed by atoms with Gasteiger partial charge < -0.3 is 15.6 Å². The molecule has 4 nitrogen and oxygen atoms in total. The third-order valence-electron chi connectivity index (χ3n) is 2.63. The molecule has 0 aliphatic carbocycles. The van der Waals surface area contributed by atoms with E-state index in [1.54, 1.807) is 0 Å². The molecule has 0 saturated heterocycles. The zero-order valence-electron chi connectivity index (χ0n) is 10.2. The molecule has 94 valence electrons. The van der Waals surface area contributed by atoms with Crippen LogP contribution in [-0.4, -0.2) is 23.2 Å². The molecule has 0 fully saturated rings. The van der Waals surface area contributed by atoms with Crippen LogP contribution in [0.3, 0.4) is 0 Å². The lowest BCUT2D eigenvalue weighted by atomic mass is 10.1. The van der Waals surface area contributed by atoms with Crippen molar-refractivity contribution >= 4 is 5.97 Å². The topological polar surface area (TPSA) is 72.5 Å². The lowest BCUT2D eigenvalue weighted by Gasteiger charge is -2.17. The van der Waals surface area contributed by atoms with E-state index in [4.69, 9.17) is 15.6 Å². The fourth-order valence-corrected chi connectivity index (χ4v) is 1.41. The molecule has 3 N–H and O–H groups in total. The second-order valence-electron chi connectivity index (χ2n) is 4.09. The number of carbonyl (C=O) groups is 1. The van der Waals surface area contributed by atoms with Crippen molar-refractivity contribution in [3.05, 3.63) is 29.8 Å². The monoisotopic (exact) mass is 237 g/mol. The highest BCUT2D eigenvalue weighted by Gasteiger charge is 2.15. The molecule has 0 aliphatic rings. The van der Waals surface area contributed by atoms with E-state index in [1.807, 2.05) is 38.1 Å². The number of ether oxygens (including phenoxy) is 1. The Bertz CT molecular complexity index is 379. The Balaban J connectivity index is 2.80. The lowest BCUT2D eigenvalue weighted by Crippen LogP contribution is -2.32. The van der Waals surface area contributed by atoms with Crippen molar-refractivity contribution in [2.75, 3.05) is 0 Å². The lowest BCUT2D eigenvalue weighted by molar-refractivity contribution is -0.138. The predicted molar refractivity (Wildman–Crippen MR) is 66.1 cm³/mol. The van der Waals surface area contributed by atoms with Crippen molar-refractivity contribution < 1.29 is 14.6 Å². The van der Waals surface area contributed by atoms with Crippen molar-refractivity contribution in [2.45, 2.75) is 38.8 Å². The van der Waals surface area contributed by atoms with Gasteiger partial charge in [-0.15, -0.1) is 0 Å². The standard InChI is InChI=1S/C13H19NO3/c1-3-9(2)17-12-7-5-4-6-10(12)8-11(14)13(15)16/h4-7,9,11H,3,8,14H2,1-2H3,(H,15,16). The first-order chi connectivity index (χ1) is 8.04. The summed E-state index contributed by atoms with van der Waals surface area (Å²) in [5.41, 5.74) is 6.36. The Morgan fingerprint density at radius 2 is 2.12 bits per heavy atom. The quantitative estimate of drug-likeness (QED) is 0.791. The maximum Gasteiger partial charge on any atom is 0.320 e. The third-order valence-corrected chi connectivity index (χ3v) is 2.63. The normalized spacial score (nSPS) is 14.1. The number of benzene rings is 1. The Hall–Kier alpha value is -1.55. The van der Waals surface area contributed by atoms with Gasteiger partial charge in [0.25, 0.3) is 0 Å². The smallest absolute Gasteiger partial charge is 0.320 e. The molecule has 0 aliphatic heterocycles. The van der Waals surface area contributed by atoms with Crippen LogP contribution in [0.4, 0.5) is 0 Å². The Morgan fingerprint density at radius 3 is 2.71 bits per heavy atom. The van der Waals surface area contributed by atoms with Crippen molar-refractivity contribution in [1.82, 2.24) is 0 Å². The molecule has 1 rings (SSSR count). The largest absolute Gasteiger partial charge is 0.490 e. The van der Waals surface area contributed by atoms with Crippen LogP contribution < -0.4 is 10.5 Å². The van der Waals surface area contributed by atoms with E-state index in [2.05, 4.69) is 0 Å². The predicted octanol–water partition coefficient (Wildman–Crippen LogP) is 1.82. The molecule has 2 atom stereocenters. The molecule has 4 heteroatoms. The number of nitrogens with two attached hydrogens (primary N) is 1. The van der Waals surface area contributed by atoms with Crippen LogP contribution in [0, 0.1) is 0 Å². The second-order valence-corrected chi connectivity index (χ2v) is 4.09. The molecule has 0 heterocycles. The number of carboxylic acid groups (broad SMARTS) is 1. The average molecular weight is 237 g/mol. The summed E-state index contributed by atoms with van der Waals surface area (Å²) >= 11 is 0. The molecular formula is C13H19NO3. The molecule has 0 bridgehead atoms. The number of aliphatic carboxylic acids is 1. The number of para-hydroxylation sites is 1. The van der Waals surface area contributed by atoms with E-state index in [0.717, 1.165) is 17.7 Å². The van der Waals surface area contributed by atoms with Crippen molar-refractivity contribution in [2.24, 2.45) is 5.73 Å². The summed E-state index contributed by atoms with van der Waals surface area (Å²) < 4.78 is 5.73. The van der Waals surface area contributed by atoms with Gasteiger partial charge in [-0.05, 0) is 25.0 Å². The van der Waals surface area contributed by atoms with Crippen LogP contribution in [-0.2, 0) is 11.2 Å². The van der Waals surface area contributed by atoms with Crippen LogP contribution >= 0.6 is 0 Å². The highest BCUT2D eigenvalue weighted by Crippen LogP contribution is 2.21. The first-order valence-electron chi connectivity index (χ1n) is 5.77. The van der Waals surface area contributed by atoms with Crippen LogP contribution in [0.15, 0.2) is 24.3 Å². The highest BCUT2D eigenvalue weighted by molar-refractivity contribution is 5.73. The number of hydrogen-bond donors (Lipinski definition) is 2. The number of rotatable bonds is 6. The molecule has 0 aromatic heterocycles. The molecule has 0 spiro atoms. The molecule has 0 amide bonds. The van der Waals surface area contributed by atoms with E-state index in [-0.39, 0.29) is 12.5 Å². The minimum atomic E-state index is -0.997. The van der Waals surface area contributed by atoms with Gasteiger partial charge in [0.1, 0.15) is 11.8 Å². The van der Waals surface area contributed by atoms with Gasteiger partial charge in [0, 0.05) is 6.42 Å². The van der Waals surface area contributed by atoms with E-state index in [1.165, 1.54) is 0 Å². The molecule has 17 heavy (non-hydrogen) atoms. The van der Waals surface area contributed by atoms with Gasteiger partial charge in [0.05, 0.1) is 6.10 Å². The summed E-state index contributed by atoms with van der Waals surface area (Å²) in [4.78, 5) is 10.7. The van der Waals surface area contributed by atoms with Crippen LogP contribution in [0.25, 0.3) is 0 Å². The SMILES string of the molecule is CCC(C)Oc1ccccc1CC(N)C(=O)O. The van der Waals surface area contributed by atoms with Crippen molar-refractivity contribution in [3.8, 4) is 5.75 Å². The van der Waals surface area contributed by atoms with Gasteiger partial charge in [-0.2, -0.15) is 0 Å². The van der Waals surface area contributed by atoms with E-state index >= 15 is 0 Å². The van der Waals surface area contributed by atoms with Crippen molar-refractivity contribution in [3.63, 3.8) is 0 Å². The first-order valence-corrected chi connectivity index (χ1v) is 5.77. The molecular weight excluding hydrogens is 218 g/mol. The fourth-order valence-electron chi connectivity index (χ4n) is 1.41. The van der Waals surface area contributed by atoms with E-state index in [0.29, 0.717) is 0 Å². The van der Waals surface area contributed by atoms with Crippen LogP contribution in [0.1, 0.15) is 25.8 Å². The average Bonchev–Trinajstić information content (AvgIpc) is 2.31. The minimum Gasteiger partial charge on any atom is -0.490 e. The fraction of sp³-hybridized carbons (Fsp3) is 0.462. The third kappa shape index (κ3) is 4.07. The number of carboxylic acids is 1. The Morgan fingerprint density at radius 1 is 1.47 bits per heavy atom. The van der Waals surface area contributed by atoms with E-state index < -0.39 is 12.0 Å². The van der Waals surface area contributed by atoms with Crippen molar-refractivity contribution in [1.29, 1.82) is 0 Å². The van der Waals surface area contributed by atoms with Gasteiger partial charge in [-0.25, -0.2) is 0 Å². The van der Waals surface area contributed by atoms with Crippen LogP contribution in [0.5, 0.6) is 5.75 Å². The highest BCUT2D eigenvalue weighted by atomic mass is 16.5. The summed E-state index contributed by atoms with van der Waals surface area (Å²) in [7, 11) is 0. The zero-order valence-corrected chi connectivity index (χ0v) is 10.2. The molecule has 0 radical (unpaired) electrons. The molecule has 0 saturated carbocycles. The second kappa shape index (κ2) is 6.25. The van der Waals surface area contributed by atoms with Gasteiger partial charge in [0.2, 0.25) is 0 Å². The van der Waals surface area contributed by atoms with Gasteiger partial charge in [-0.3, -0.25) is 4.79 Å². The van der Waals surface area contributed by atoms with Gasteiger partial charge in [-0.1, -0.05) is 25.1 Å². The Labute approximate surface area is 101 Å². The zero-order chi connectivity index (χ0) is 12.8. The maximum absolute atomic E-state index is 10.7. The van der Waals surface area contributed by atoms with Gasteiger partial charge >= 0.3 is 5.97 Å². The van der Waals surface area contributed by atoms with E-state index in [9.17, 15) is 4.79 Å². The first kappa shape index (κ1) is 13.5. The summed E-state index contributed by atoms with van der Waals surface area (Å²) in [6, 6.07) is 6.52. The maximum atomic E-state index is 10.7. The summed E-state index contributed by atoms with van der Waals surface area (Å²) in [6.07, 6.45) is 1.29. The molecule has 2 unspecified atom stereocenters. The number of hydrogen-bond acceptors (Lipinski definition) is 3. The van der Waals surface area contributed by atoms with Crippen LogP contribution in [0.2, 0.25) is 0 Å². The Kier molecular flexibility index (Phi) is 4.97. The minimum absolute atomic E-state index is 0.109. The molecule has 1 aromatic rings. The van der Waals surface area contributed by atoms with Gasteiger partial charge in [0.15, 0.2) is 0 Å². The summed E-state index contributed by atoms with van der Waals surface area (Å²) in [6.45, 7) is 4.02. The molecule has 1 aromatic carbocycles. The summed E-state index contributed by atoms with van der Waals surface area (Å²) in [5, 5.41) is 8.80.